The minimum Gasteiger partial charge on any atom is -0.481 e. The molecule has 2 rings (SSSR count). The van der Waals surface area contributed by atoms with E-state index in [0.717, 1.165) is 25.1 Å². The summed E-state index contributed by atoms with van der Waals surface area (Å²) >= 11 is 0. The van der Waals surface area contributed by atoms with E-state index in [1.807, 2.05) is 11.0 Å². The molecule has 0 spiro atoms. The molecule has 1 atom stereocenters. The average Bonchev–Trinajstić information content (AvgIpc) is 2.85. The van der Waals surface area contributed by atoms with E-state index in [0.29, 0.717) is 5.69 Å². The number of carboxylic acids is 1. The zero-order valence-corrected chi connectivity index (χ0v) is 10.8. The van der Waals surface area contributed by atoms with Crippen LogP contribution in [0.2, 0.25) is 0 Å². The minimum atomic E-state index is -0.794. The van der Waals surface area contributed by atoms with Crippen LogP contribution in [-0.4, -0.2) is 41.6 Å². The average molecular weight is 263 g/mol. The fraction of sp³-hybridized carbons (Fsp3) is 0.462. The number of pyridine rings is 1. The number of nitrogens with one attached hydrogen (secondary N) is 1. The van der Waals surface area contributed by atoms with Gasteiger partial charge in [0.15, 0.2) is 0 Å². The molecule has 0 aromatic carbocycles. The second kappa shape index (κ2) is 5.69. The molecule has 6 heteroatoms. The molecule has 1 amide bonds. The molecule has 0 radical (unpaired) electrons. The highest BCUT2D eigenvalue weighted by atomic mass is 16.4. The van der Waals surface area contributed by atoms with Gasteiger partial charge in [-0.05, 0) is 25.0 Å². The molecule has 1 aliphatic rings. The number of hydrogen-bond acceptors (Lipinski definition) is 4. The number of carboxylic acid groups (broad SMARTS) is 1. The molecule has 2 heterocycles. The lowest BCUT2D eigenvalue weighted by Crippen LogP contribution is -2.31. The topological polar surface area (TPSA) is 82.5 Å². The van der Waals surface area contributed by atoms with Gasteiger partial charge in [0, 0.05) is 31.5 Å². The Hall–Kier alpha value is -2.11. The number of anilines is 1. The second-order valence-corrected chi connectivity index (χ2v) is 4.57. The maximum absolute atomic E-state index is 11.6. The predicted octanol–water partition coefficient (Wildman–Crippen LogP) is 0.885. The summed E-state index contributed by atoms with van der Waals surface area (Å²) in [7, 11) is 1.56. The Balaban J connectivity index is 2.20. The van der Waals surface area contributed by atoms with E-state index in [2.05, 4.69) is 10.3 Å². The maximum Gasteiger partial charge on any atom is 0.305 e. The molecule has 0 bridgehead atoms. The smallest absolute Gasteiger partial charge is 0.305 e. The van der Waals surface area contributed by atoms with Crippen molar-refractivity contribution < 1.29 is 14.7 Å². The number of aromatic nitrogens is 1. The van der Waals surface area contributed by atoms with Crippen molar-refractivity contribution in [2.75, 3.05) is 18.5 Å². The molecule has 0 saturated carbocycles. The van der Waals surface area contributed by atoms with E-state index < -0.39 is 5.97 Å². The quantitative estimate of drug-likeness (QED) is 0.842. The summed E-state index contributed by atoms with van der Waals surface area (Å²) in [5.41, 5.74) is 1.21. The Kier molecular flexibility index (Phi) is 3.99. The first kappa shape index (κ1) is 13.3. The number of aliphatic carboxylic acids is 1. The molecule has 1 saturated heterocycles. The fourth-order valence-corrected chi connectivity index (χ4v) is 2.44. The van der Waals surface area contributed by atoms with Crippen molar-refractivity contribution in [2.45, 2.75) is 25.3 Å². The summed E-state index contributed by atoms with van der Waals surface area (Å²) < 4.78 is 0. The van der Waals surface area contributed by atoms with E-state index in [-0.39, 0.29) is 18.4 Å². The summed E-state index contributed by atoms with van der Waals surface area (Å²) in [5.74, 6) is -1.03. The van der Waals surface area contributed by atoms with Crippen LogP contribution >= 0.6 is 0 Å². The van der Waals surface area contributed by atoms with Crippen molar-refractivity contribution in [1.82, 2.24) is 10.3 Å². The Bertz CT molecular complexity index is 490. The summed E-state index contributed by atoms with van der Waals surface area (Å²) in [5, 5.41) is 11.4. The van der Waals surface area contributed by atoms with Gasteiger partial charge in [-0.15, -0.1) is 0 Å². The Labute approximate surface area is 111 Å². The van der Waals surface area contributed by atoms with Gasteiger partial charge >= 0.3 is 5.97 Å². The van der Waals surface area contributed by atoms with Gasteiger partial charge in [0.2, 0.25) is 0 Å². The van der Waals surface area contributed by atoms with Gasteiger partial charge < -0.3 is 15.3 Å². The minimum absolute atomic E-state index is 0.00237. The van der Waals surface area contributed by atoms with Crippen LogP contribution in [0.1, 0.15) is 29.8 Å². The monoisotopic (exact) mass is 263 g/mol. The van der Waals surface area contributed by atoms with Crippen LogP contribution in [0.15, 0.2) is 18.3 Å². The normalized spacial score (nSPS) is 18.4. The number of rotatable bonds is 4. The lowest BCUT2D eigenvalue weighted by Gasteiger charge is -2.25. The molecule has 2 N–H and O–H groups in total. The lowest BCUT2D eigenvalue weighted by molar-refractivity contribution is -0.137. The van der Waals surface area contributed by atoms with Crippen LogP contribution in [0, 0.1) is 0 Å². The molecular formula is C13H17N3O3. The highest BCUT2D eigenvalue weighted by molar-refractivity contribution is 5.92. The molecular weight excluding hydrogens is 246 g/mol. The van der Waals surface area contributed by atoms with Crippen molar-refractivity contribution in [1.29, 1.82) is 0 Å². The van der Waals surface area contributed by atoms with Gasteiger partial charge in [-0.2, -0.15) is 0 Å². The maximum atomic E-state index is 11.6. The third-order valence-corrected chi connectivity index (χ3v) is 3.32. The van der Waals surface area contributed by atoms with Crippen LogP contribution in [0.3, 0.4) is 0 Å². The van der Waals surface area contributed by atoms with Crippen molar-refractivity contribution in [3.05, 3.63) is 24.0 Å². The van der Waals surface area contributed by atoms with E-state index in [4.69, 9.17) is 5.11 Å². The van der Waals surface area contributed by atoms with Gasteiger partial charge in [0.05, 0.1) is 6.42 Å². The largest absolute Gasteiger partial charge is 0.481 e. The summed E-state index contributed by atoms with van der Waals surface area (Å²) in [6, 6.07) is 3.52. The zero-order chi connectivity index (χ0) is 13.8. The third kappa shape index (κ3) is 3.01. The van der Waals surface area contributed by atoms with Gasteiger partial charge in [0.1, 0.15) is 5.69 Å². The van der Waals surface area contributed by atoms with Crippen molar-refractivity contribution in [3.63, 3.8) is 0 Å². The molecule has 1 aromatic rings. The van der Waals surface area contributed by atoms with Crippen LogP contribution in [-0.2, 0) is 4.79 Å². The van der Waals surface area contributed by atoms with E-state index in [1.165, 1.54) is 0 Å². The first-order valence-corrected chi connectivity index (χ1v) is 6.28. The van der Waals surface area contributed by atoms with E-state index in [1.54, 1.807) is 19.3 Å². The summed E-state index contributed by atoms with van der Waals surface area (Å²) in [6.45, 7) is 0.815. The Morgan fingerprint density at radius 1 is 1.58 bits per heavy atom. The number of hydrogen-bond donors (Lipinski definition) is 2. The Morgan fingerprint density at radius 3 is 3.05 bits per heavy atom. The number of nitrogens with zero attached hydrogens (tertiary/aromatic N) is 2. The fourth-order valence-electron chi connectivity index (χ4n) is 2.44. The first-order chi connectivity index (χ1) is 9.11. The lowest BCUT2D eigenvalue weighted by atomic mass is 10.1. The van der Waals surface area contributed by atoms with Crippen LogP contribution < -0.4 is 10.2 Å². The summed E-state index contributed by atoms with van der Waals surface area (Å²) in [4.78, 5) is 28.5. The predicted molar refractivity (Wildman–Crippen MR) is 70.2 cm³/mol. The van der Waals surface area contributed by atoms with E-state index >= 15 is 0 Å². The molecule has 19 heavy (non-hydrogen) atoms. The molecule has 0 aliphatic carbocycles. The number of carbonyl (C=O) groups excluding carboxylic acids is 1. The van der Waals surface area contributed by atoms with Crippen LogP contribution in [0.25, 0.3) is 0 Å². The standard InChI is InChI=1S/C13H17N3O3/c1-14-13(19)11-7-10(4-5-15-11)16-6-2-3-9(16)8-12(17)18/h4-5,7,9H,2-3,6,8H2,1H3,(H,14,19)(H,17,18). The van der Waals surface area contributed by atoms with Gasteiger partial charge in [0.25, 0.3) is 5.91 Å². The van der Waals surface area contributed by atoms with Crippen molar-refractivity contribution in [3.8, 4) is 0 Å². The van der Waals surface area contributed by atoms with Gasteiger partial charge in [-0.25, -0.2) is 0 Å². The molecule has 1 fully saturated rings. The molecule has 6 nitrogen and oxygen atoms in total. The summed E-state index contributed by atoms with van der Waals surface area (Å²) in [6.07, 6.45) is 3.53. The zero-order valence-electron chi connectivity index (χ0n) is 10.8. The third-order valence-electron chi connectivity index (χ3n) is 3.32. The second-order valence-electron chi connectivity index (χ2n) is 4.57. The molecule has 1 unspecified atom stereocenters. The van der Waals surface area contributed by atoms with Crippen molar-refractivity contribution >= 4 is 17.6 Å². The molecule has 1 aromatic heterocycles. The van der Waals surface area contributed by atoms with E-state index in [9.17, 15) is 9.59 Å². The molecule has 1 aliphatic heterocycles. The highest BCUT2D eigenvalue weighted by Gasteiger charge is 2.27. The van der Waals surface area contributed by atoms with Gasteiger partial charge in [-0.3, -0.25) is 14.6 Å². The molecule has 102 valence electrons. The number of amides is 1. The first-order valence-electron chi connectivity index (χ1n) is 6.28. The van der Waals surface area contributed by atoms with Crippen LogP contribution in [0.4, 0.5) is 5.69 Å². The SMILES string of the molecule is CNC(=O)c1cc(N2CCCC2CC(=O)O)ccn1. The van der Waals surface area contributed by atoms with Crippen molar-refractivity contribution in [2.24, 2.45) is 0 Å². The van der Waals surface area contributed by atoms with Crippen LogP contribution in [0.5, 0.6) is 0 Å². The Morgan fingerprint density at radius 2 is 2.37 bits per heavy atom. The highest BCUT2D eigenvalue weighted by Crippen LogP contribution is 2.27. The number of carbonyl (C=O) groups is 2. The van der Waals surface area contributed by atoms with Gasteiger partial charge in [-0.1, -0.05) is 0 Å².